The highest BCUT2D eigenvalue weighted by Crippen LogP contribution is 2.33. The van der Waals surface area contributed by atoms with E-state index in [-0.39, 0.29) is 11.8 Å². The van der Waals surface area contributed by atoms with Crippen LogP contribution in [-0.4, -0.2) is 41.7 Å². The lowest BCUT2D eigenvalue weighted by Gasteiger charge is -2.34. The zero-order chi connectivity index (χ0) is 20.5. The van der Waals surface area contributed by atoms with Gasteiger partial charge in [-0.1, -0.05) is 30.3 Å². The molecular weight excluding hydrogens is 376 g/mol. The number of imidazole rings is 1. The number of amides is 1. The van der Waals surface area contributed by atoms with Crippen LogP contribution in [0.1, 0.15) is 38.8 Å². The summed E-state index contributed by atoms with van der Waals surface area (Å²) in [6.07, 6.45) is 10.9. The Balaban J connectivity index is 1.50. The summed E-state index contributed by atoms with van der Waals surface area (Å²) in [5, 5.41) is 4.15. The first-order valence-electron chi connectivity index (χ1n) is 9.94. The van der Waals surface area contributed by atoms with Crippen molar-refractivity contribution in [2.75, 3.05) is 6.54 Å². The van der Waals surface area contributed by atoms with Crippen LogP contribution in [0, 0.1) is 0 Å². The standard InChI is InChI=1S/C23H22N6O/c1-27-14-19(12-26-27)23(30)29-15-18-6-2-3-7-20(18)21(16-29)22-25-9-10-28(22)13-17-5-4-8-24-11-17/h2-12,14,21H,13,15-16H2,1H3. The number of carbonyl (C=O) groups excluding carboxylic acids is 1. The summed E-state index contributed by atoms with van der Waals surface area (Å²) < 4.78 is 3.81. The number of aromatic nitrogens is 5. The Morgan fingerprint density at radius 2 is 2.03 bits per heavy atom. The van der Waals surface area contributed by atoms with Crippen molar-refractivity contribution in [1.29, 1.82) is 0 Å². The van der Waals surface area contributed by atoms with Gasteiger partial charge >= 0.3 is 0 Å². The Labute approximate surface area is 174 Å². The van der Waals surface area contributed by atoms with Gasteiger partial charge in [0.15, 0.2) is 0 Å². The molecule has 1 aromatic carbocycles. The first-order valence-corrected chi connectivity index (χ1v) is 9.94. The smallest absolute Gasteiger partial charge is 0.257 e. The van der Waals surface area contributed by atoms with Gasteiger partial charge in [-0.15, -0.1) is 0 Å². The van der Waals surface area contributed by atoms with Gasteiger partial charge in [-0.25, -0.2) is 4.98 Å². The van der Waals surface area contributed by atoms with E-state index in [1.807, 2.05) is 42.7 Å². The fraction of sp³-hybridized carbons (Fsp3) is 0.217. The van der Waals surface area contributed by atoms with E-state index < -0.39 is 0 Å². The second kappa shape index (κ2) is 7.59. The van der Waals surface area contributed by atoms with Crippen LogP contribution in [0.2, 0.25) is 0 Å². The van der Waals surface area contributed by atoms with Crippen LogP contribution in [-0.2, 0) is 20.1 Å². The molecule has 0 spiro atoms. The van der Waals surface area contributed by atoms with Crippen LogP contribution in [0.5, 0.6) is 0 Å². The maximum absolute atomic E-state index is 13.2. The van der Waals surface area contributed by atoms with E-state index in [9.17, 15) is 4.79 Å². The van der Waals surface area contributed by atoms with Crippen LogP contribution < -0.4 is 0 Å². The molecule has 7 heteroatoms. The summed E-state index contributed by atoms with van der Waals surface area (Å²) in [6.45, 7) is 1.86. The number of benzene rings is 1. The topological polar surface area (TPSA) is 68.8 Å². The third-order valence-electron chi connectivity index (χ3n) is 5.57. The van der Waals surface area contributed by atoms with Crippen LogP contribution in [0.25, 0.3) is 0 Å². The van der Waals surface area contributed by atoms with Crippen molar-refractivity contribution in [3.8, 4) is 0 Å². The van der Waals surface area contributed by atoms with Gasteiger partial charge in [0.25, 0.3) is 5.91 Å². The Kier molecular flexibility index (Phi) is 4.63. The van der Waals surface area contributed by atoms with Crippen molar-refractivity contribution in [1.82, 2.24) is 29.2 Å². The lowest BCUT2D eigenvalue weighted by atomic mass is 9.88. The van der Waals surface area contributed by atoms with E-state index >= 15 is 0 Å². The molecule has 7 nitrogen and oxygen atoms in total. The lowest BCUT2D eigenvalue weighted by Crippen LogP contribution is -2.39. The molecule has 4 aromatic rings. The Morgan fingerprint density at radius 1 is 1.13 bits per heavy atom. The molecule has 1 aliphatic heterocycles. The van der Waals surface area contributed by atoms with Gasteiger partial charge in [-0.3, -0.25) is 14.5 Å². The first kappa shape index (κ1) is 18.3. The molecule has 30 heavy (non-hydrogen) atoms. The predicted octanol–water partition coefficient (Wildman–Crippen LogP) is 2.85. The average Bonchev–Trinajstić information content (AvgIpc) is 3.42. The van der Waals surface area contributed by atoms with Crippen molar-refractivity contribution in [2.24, 2.45) is 7.05 Å². The minimum Gasteiger partial charge on any atom is -0.333 e. The molecule has 5 rings (SSSR count). The second-order valence-corrected chi connectivity index (χ2v) is 7.61. The number of nitrogens with zero attached hydrogens (tertiary/aromatic N) is 6. The van der Waals surface area contributed by atoms with E-state index in [2.05, 4.69) is 38.9 Å². The molecular formula is C23H22N6O. The summed E-state index contributed by atoms with van der Waals surface area (Å²) in [4.78, 5) is 24.0. The molecule has 1 unspecified atom stereocenters. The molecule has 4 heterocycles. The van der Waals surface area contributed by atoms with Gasteiger partial charge in [-0.05, 0) is 22.8 Å². The van der Waals surface area contributed by atoms with E-state index in [0.717, 1.165) is 17.0 Å². The summed E-state index contributed by atoms with van der Waals surface area (Å²) >= 11 is 0. The molecule has 0 N–H and O–H groups in total. The zero-order valence-electron chi connectivity index (χ0n) is 16.7. The number of carbonyl (C=O) groups is 1. The highest BCUT2D eigenvalue weighted by molar-refractivity contribution is 5.94. The molecule has 3 aromatic heterocycles. The van der Waals surface area contributed by atoms with Crippen molar-refractivity contribution >= 4 is 5.91 Å². The fourth-order valence-corrected chi connectivity index (χ4v) is 4.15. The van der Waals surface area contributed by atoms with Crippen LogP contribution in [0.15, 0.2) is 73.6 Å². The van der Waals surface area contributed by atoms with Crippen molar-refractivity contribution < 1.29 is 4.79 Å². The van der Waals surface area contributed by atoms with E-state index in [0.29, 0.717) is 25.2 Å². The average molecular weight is 398 g/mol. The zero-order valence-corrected chi connectivity index (χ0v) is 16.7. The number of pyridine rings is 1. The molecule has 1 aliphatic rings. The monoisotopic (exact) mass is 398 g/mol. The highest BCUT2D eigenvalue weighted by Gasteiger charge is 2.32. The number of aryl methyl sites for hydroxylation is 1. The molecule has 1 amide bonds. The third kappa shape index (κ3) is 3.39. The quantitative estimate of drug-likeness (QED) is 0.530. The SMILES string of the molecule is Cn1cc(C(=O)N2Cc3ccccc3C(c3nccn3Cc3cccnc3)C2)cn1. The van der Waals surface area contributed by atoms with Gasteiger partial charge < -0.3 is 9.47 Å². The first-order chi connectivity index (χ1) is 14.7. The molecule has 1 atom stereocenters. The van der Waals surface area contributed by atoms with Crippen LogP contribution in [0.3, 0.4) is 0 Å². The molecule has 0 saturated carbocycles. The normalized spacial score (nSPS) is 15.8. The lowest BCUT2D eigenvalue weighted by molar-refractivity contribution is 0.0723. The van der Waals surface area contributed by atoms with Crippen molar-refractivity contribution in [3.63, 3.8) is 0 Å². The van der Waals surface area contributed by atoms with Gasteiger partial charge in [0.05, 0.1) is 24.2 Å². The summed E-state index contributed by atoms with van der Waals surface area (Å²) in [5.41, 5.74) is 4.10. The van der Waals surface area contributed by atoms with E-state index in [1.165, 1.54) is 5.56 Å². The minimum atomic E-state index is -0.00651. The third-order valence-corrected chi connectivity index (χ3v) is 5.57. The highest BCUT2D eigenvalue weighted by atomic mass is 16.2. The Bertz CT molecular complexity index is 1180. The minimum absolute atomic E-state index is 0.00208. The summed E-state index contributed by atoms with van der Waals surface area (Å²) in [7, 11) is 1.82. The molecule has 0 radical (unpaired) electrons. The summed E-state index contributed by atoms with van der Waals surface area (Å²) in [6, 6.07) is 12.3. The van der Waals surface area contributed by atoms with Gasteiger partial charge in [0, 0.05) is 51.1 Å². The predicted molar refractivity (Wildman–Crippen MR) is 112 cm³/mol. The number of fused-ring (bicyclic) bond motifs is 1. The van der Waals surface area contributed by atoms with E-state index in [1.54, 1.807) is 23.3 Å². The molecule has 0 saturated heterocycles. The Morgan fingerprint density at radius 3 is 2.83 bits per heavy atom. The second-order valence-electron chi connectivity index (χ2n) is 7.61. The van der Waals surface area contributed by atoms with Crippen molar-refractivity contribution in [2.45, 2.75) is 19.0 Å². The van der Waals surface area contributed by atoms with Gasteiger partial charge in [0.1, 0.15) is 5.82 Å². The number of rotatable bonds is 4. The molecule has 150 valence electrons. The number of hydrogen-bond acceptors (Lipinski definition) is 4. The van der Waals surface area contributed by atoms with E-state index in [4.69, 9.17) is 4.98 Å². The largest absolute Gasteiger partial charge is 0.333 e. The fourth-order valence-electron chi connectivity index (χ4n) is 4.15. The maximum Gasteiger partial charge on any atom is 0.257 e. The maximum atomic E-state index is 13.2. The van der Waals surface area contributed by atoms with Gasteiger partial charge in [-0.2, -0.15) is 5.10 Å². The summed E-state index contributed by atoms with van der Waals surface area (Å²) in [5.74, 6) is 0.949. The number of hydrogen-bond donors (Lipinski definition) is 0. The Hall–Kier alpha value is -3.74. The van der Waals surface area contributed by atoms with Gasteiger partial charge in [0.2, 0.25) is 0 Å². The van der Waals surface area contributed by atoms with Crippen molar-refractivity contribution in [3.05, 3.63) is 102 Å². The molecule has 0 fully saturated rings. The van der Waals surface area contributed by atoms with Crippen LogP contribution in [0.4, 0.5) is 0 Å². The molecule has 0 aliphatic carbocycles. The van der Waals surface area contributed by atoms with Crippen LogP contribution >= 0.6 is 0 Å². The molecule has 0 bridgehead atoms.